The lowest BCUT2D eigenvalue weighted by Gasteiger charge is -2.30. The van der Waals surface area contributed by atoms with E-state index in [0.717, 1.165) is 25.7 Å². The first-order valence-electron chi connectivity index (χ1n) is 13.2. The van der Waals surface area contributed by atoms with Gasteiger partial charge < -0.3 is 15.8 Å². The van der Waals surface area contributed by atoms with Gasteiger partial charge in [0.15, 0.2) is 16.7 Å². The average molecular weight is 716 g/mol. The van der Waals surface area contributed by atoms with Crippen LogP contribution in [0.3, 0.4) is 0 Å². The molecule has 0 amide bonds. The van der Waals surface area contributed by atoms with E-state index in [1.54, 1.807) is 47.6 Å². The number of hydrogen-bond donors (Lipinski definition) is 2. The molecule has 0 bridgehead atoms. The van der Waals surface area contributed by atoms with Gasteiger partial charge in [0.25, 0.3) is 0 Å². The Morgan fingerprint density at radius 3 is 2.61 bits per heavy atom. The molecule has 6 rings (SSSR count). The molecule has 0 aliphatic carbocycles. The zero-order chi connectivity index (χ0) is 29.1. The molecule has 44 heavy (non-hydrogen) atoms. The molecular weight excluding hydrogens is 687 g/mol. The van der Waals surface area contributed by atoms with Gasteiger partial charge in [-0.15, -0.1) is 47.5 Å². The number of sulfonamides is 1. The predicted molar refractivity (Wildman–Crippen MR) is 181 cm³/mol. The lowest BCUT2D eigenvalue weighted by molar-refractivity contribution is 0.317. The summed E-state index contributed by atoms with van der Waals surface area (Å²) >= 11 is 4.65. The normalized spacial score (nSPS) is 14.1. The van der Waals surface area contributed by atoms with Crippen molar-refractivity contribution < 1.29 is 17.5 Å². The number of nitrogens with zero attached hydrogens (tertiary/aromatic N) is 4. The molecule has 5 aromatic rings. The molecule has 0 atom stereocenters. The minimum Gasteiger partial charge on any atom is -0.453 e. The molecular formula is C28H29Cl2FN6O3S4. The second-order valence-electron chi connectivity index (χ2n) is 9.60. The van der Waals surface area contributed by atoms with Crippen molar-refractivity contribution in [1.82, 2.24) is 19.3 Å². The van der Waals surface area contributed by atoms with E-state index in [1.165, 1.54) is 27.8 Å². The number of rotatable bonds is 10. The third kappa shape index (κ3) is 7.98. The van der Waals surface area contributed by atoms with E-state index in [1.807, 2.05) is 29.0 Å². The van der Waals surface area contributed by atoms with Crippen molar-refractivity contribution in [3.63, 3.8) is 0 Å². The van der Waals surface area contributed by atoms with E-state index < -0.39 is 10.0 Å². The number of piperidine rings is 1. The Labute approximate surface area is 279 Å². The van der Waals surface area contributed by atoms with Gasteiger partial charge in [0.05, 0.1) is 21.7 Å². The van der Waals surface area contributed by atoms with Gasteiger partial charge in [-0.3, -0.25) is 4.98 Å². The number of benzene rings is 1. The lowest BCUT2D eigenvalue weighted by Crippen LogP contribution is -2.40. The summed E-state index contributed by atoms with van der Waals surface area (Å²) < 4.78 is 47.1. The minimum absolute atomic E-state index is 0. The molecule has 0 saturated carbocycles. The molecule has 0 spiro atoms. The topological polar surface area (TPSA) is 123 Å². The number of nitrogens with two attached hydrogens (primary N) is 1. The molecule has 9 nitrogen and oxygen atoms in total. The van der Waals surface area contributed by atoms with Crippen LogP contribution in [0.4, 0.5) is 15.3 Å². The zero-order valence-electron chi connectivity index (χ0n) is 23.1. The van der Waals surface area contributed by atoms with Gasteiger partial charge in [0, 0.05) is 59.2 Å². The zero-order valence-corrected chi connectivity index (χ0v) is 28.0. The van der Waals surface area contributed by atoms with E-state index in [2.05, 4.69) is 15.3 Å². The van der Waals surface area contributed by atoms with Crippen molar-refractivity contribution >= 4 is 90.4 Å². The van der Waals surface area contributed by atoms with Crippen molar-refractivity contribution in [3.8, 4) is 11.5 Å². The van der Waals surface area contributed by atoms with Crippen molar-refractivity contribution in [2.75, 3.05) is 30.7 Å². The maximum absolute atomic E-state index is 13.5. The summed E-state index contributed by atoms with van der Waals surface area (Å²) in [6.07, 6.45) is 4.96. The summed E-state index contributed by atoms with van der Waals surface area (Å²) in [5, 5.41) is 7.95. The molecule has 5 heterocycles. The van der Waals surface area contributed by atoms with E-state index >= 15 is 0 Å². The highest BCUT2D eigenvalue weighted by Gasteiger charge is 2.29. The molecule has 1 aliphatic heterocycles. The van der Waals surface area contributed by atoms with Gasteiger partial charge in [-0.1, -0.05) is 11.8 Å². The fraction of sp³-hybridized carbons (Fsp3) is 0.250. The summed E-state index contributed by atoms with van der Waals surface area (Å²) in [5.41, 5.74) is 7.34. The van der Waals surface area contributed by atoms with E-state index in [9.17, 15) is 12.8 Å². The molecule has 1 saturated heterocycles. The molecule has 1 fully saturated rings. The Kier molecular flexibility index (Phi) is 11.8. The molecule has 16 heteroatoms. The van der Waals surface area contributed by atoms with Gasteiger partial charge in [-0.2, -0.15) is 0 Å². The number of hydrogen-bond acceptors (Lipinski definition) is 11. The van der Waals surface area contributed by atoms with Gasteiger partial charge >= 0.3 is 0 Å². The molecule has 0 radical (unpaired) electrons. The minimum atomic E-state index is -3.31. The summed E-state index contributed by atoms with van der Waals surface area (Å²) in [7, 11) is -3.31. The van der Waals surface area contributed by atoms with Gasteiger partial charge in [0.2, 0.25) is 10.0 Å². The highest BCUT2D eigenvalue weighted by atomic mass is 35.5. The van der Waals surface area contributed by atoms with Crippen molar-refractivity contribution in [2.45, 2.75) is 28.6 Å². The van der Waals surface area contributed by atoms with Crippen molar-refractivity contribution in [2.24, 2.45) is 5.73 Å². The number of halogens is 3. The van der Waals surface area contributed by atoms with Crippen LogP contribution in [0.1, 0.15) is 24.5 Å². The number of fused-ring (bicyclic) bond motifs is 1. The third-order valence-corrected chi connectivity index (χ3v) is 11.6. The quantitative estimate of drug-likeness (QED) is 0.154. The average Bonchev–Trinajstić information content (AvgIpc) is 3.66. The van der Waals surface area contributed by atoms with E-state index in [0.29, 0.717) is 48.4 Å². The maximum Gasteiger partial charge on any atom is 0.215 e. The molecule has 234 valence electrons. The third-order valence-electron chi connectivity index (χ3n) is 6.79. The standard InChI is InChI=1S/C28H27FN6O3S4.2ClH/c29-19-1-3-20(4-2-19)38-24-15-21(41-25-5-10-31-22-8-13-39-26(22)25)16-32-27(24)34-28-33-23(17-40-28)18-6-11-35(12-7-18)42(36,37)14-9-30;;/h1-5,8,10,13,15-18H,6-7,9,11-12,14,30H2,(H,32,33,34);2*1H. The fourth-order valence-corrected chi connectivity index (χ4v) is 8.67. The number of aromatic nitrogens is 3. The number of pyridine rings is 2. The molecule has 4 aromatic heterocycles. The summed E-state index contributed by atoms with van der Waals surface area (Å²) in [4.78, 5) is 15.8. The predicted octanol–water partition coefficient (Wildman–Crippen LogP) is 7.29. The second kappa shape index (κ2) is 15.1. The van der Waals surface area contributed by atoms with Crippen LogP contribution in [0, 0.1) is 5.82 Å². The van der Waals surface area contributed by atoms with Crippen LogP contribution in [-0.2, 0) is 10.0 Å². The number of thiophene rings is 1. The van der Waals surface area contributed by atoms with Crippen molar-refractivity contribution in [3.05, 3.63) is 77.1 Å². The highest BCUT2D eigenvalue weighted by molar-refractivity contribution is 7.99. The molecule has 3 N–H and O–H groups in total. The highest BCUT2D eigenvalue weighted by Crippen LogP contribution is 2.40. The first-order valence-corrected chi connectivity index (χ1v) is 17.4. The summed E-state index contributed by atoms with van der Waals surface area (Å²) in [6, 6.07) is 11.7. The Hall–Kier alpha value is -2.56. The van der Waals surface area contributed by atoms with Crippen LogP contribution < -0.4 is 15.8 Å². The van der Waals surface area contributed by atoms with E-state index in [-0.39, 0.29) is 48.8 Å². The van der Waals surface area contributed by atoms with E-state index in [4.69, 9.17) is 15.5 Å². The first kappa shape index (κ1) is 34.3. The van der Waals surface area contributed by atoms with Crippen LogP contribution in [0.25, 0.3) is 10.2 Å². The molecule has 1 aliphatic rings. The lowest BCUT2D eigenvalue weighted by atomic mass is 9.95. The Morgan fingerprint density at radius 2 is 1.86 bits per heavy atom. The summed E-state index contributed by atoms with van der Waals surface area (Å²) in [5.74, 6) is 1.21. The van der Waals surface area contributed by atoms with Crippen LogP contribution in [0.2, 0.25) is 0 Å². The number of anilines is 2. The van der Waals surface area contributed by atoms with Gasteiger partial charge in [-0.25, -0.2) is 27.1 Å². The Morgan fingerprint density at radius 1 is 1.09 bits per heavy atom. The molecule has 0 unspecified atom stereocenters. The Bertz CT molecular complexity index is 1800. The Balaban J connectivity index is 0.00000221. The van der Waals surface area contributed by atoms with Crippen LogP contribution >= 0.6 is 59.2 Å². The van der Waals surface area contributed by atoms with Crippen LogP contribution in [0.5, 0.6) is 11.5 Å². The molecule has 1 aromatic carbocycles. The van der Waals surface area contributed by atoms with Crippen LogP contribution in [0.15, 0.2) is 75.4 Å². The maximum atomic E-state index is 13.5. The second-order valence-corrected chi connectivity index (χ2v) is 14.6. The monoisotopic (exact) mass is 714 g/mol. The fourth-order valence-electron chi connectivity index (χ4n) is 4.68. The number of thiazole rings is 1. The summed E-state index contributed by atoms with van der Waals surface area (Å²) in [6.45, 7) is 1.03. The number of nitrogens with one attached hydrogen (secondary N) is 1. The number of ether oxygens (including phenoxy) is 1. The van der Waals surface area contributed by atoms with Gasteiger partial charge in [0.1, 0.15) is 11.6 Å². The van der Waals surface area contributed by atoms with Crippen molar-refractivity contribution in [1.29, 1.82) is 0 Å². The van der Waals surface area contributed by atoms with Crippen LogP contribution in [-0.4, -0.2) is 53.1 Å². The van der Waals surface area contributed by atoms with Gasteiger partial charge in [-0.05, 0) is 54.6 Å². The largest absolute Gasteiger partial charge is 0.453 e. The smallest absolute Gasteiger partial charge is 0.215 e. The SMILES string of the molecule is Cl.Cl.NCCS(=O)(=O)N1CCC(c2csc(Nc3ncc(Sc4ccnc5ccsc45)cc3Oc3ccc(F)cc3)n2)CC1. The first-order chi connectivity index (χ1) is 20.4.